The van der Waals surface area contributed by atoms with Gasteiger partial charge in [-0.1, -0.05) is 20.8 Å². The van der Waals surface area contributed by atoms with E-state index in [1.54, 1.807) is 17.6 Å². The average molecular weight is 476 g/mol. The van der Waals surface area contributed by atoms with Crippen molar-refractivity contribution in [2.45, 2.75) is 40.0 Å². The van der Waals surface area contributed by atoms with Gasteiger partial charge in [-0.15, -0.1) is 11.3 Å². The minimum absolute atomic E-state index is 0.286. The number of ether oxygens (including phenoxy) is 1. The van der Waals surface area contributed by atoms with Crippen LogP contribution in [-0.4, -0.2) is 32.5 Å². The van der Waals surface area contributed by atoms with Crippen LogP contribution in [0, 0.1) is 22.7 Å². The van der Waals surface area contributed by atoms with Gasteiger partial charge in [-0.05, 0) is 52.1 Å². The highest BCUT2D eigenvalue weighted by Gasteiger charge is 2.32. The lowest BCUT2D eigenvalue weighted by Crippen LogP contribution is -2.36. The lowest BCUT2D eigenvalue weighted by Gasteiger charge is -2.33. The van der Waals surface area contributed by atoms with Crippen LogP contribution in [0.25, 0.3) is 0 Å². The summed E-state index contributed by atoms with van der Waals surface area (Å²) in [5.41, 5.74) is 2.24. The molecule has 1 aliphatic heterocycles. The molecule has 7 heteroatoms. The molecule has 0 aromatic carbocycles. The van der Waals surface area contributed by atoms with Gasteiger partial charge >= 0.3 is 0 Å². The van der Waals surface area contributed by atoms with Crippen molar-refractivity contribution in [3.05, 3.63) is 32.3 Å². The minimum Gasteiger partial charge on any atom is -0.438 e. The molecule has 0 amide bonds. The van der Waals surface area contributed by atoms with Crippen LogP contribution in [0.2, 0.25) is 0 Å². The van der Waals surface area contributed by atoms with E-state index < -0.39 is 0 Å². The third kappa shape index (κ3) is 4.30. The maximum atomic E-state index is 9.74. The first-order chi connectivity index (χ1) is 13.9. The standard InChI is InChI=1S/C22H26BrN3O2S/c1-22(2,3)14-4-5-16-17(12-24)20(29-19(16)10-14)25-13-15-11-18(23)21(28-15)26-6-8-27-9-7-26/h11,13-14H,4-10H2,1-3H3/t14-/m0/s1. The van der Waals surface area contributed by atoms with Crippen LogP contribution in [0.1, 0.15) is 49.0 Å². The molecule has 1 saturated heterocycles. The van der Waals surface area contributed by atoms with E-state index in [-0.39, 0.29) is 5.41 Å². The van der Waals surface area contributed by atoms with Gasteiger partial charge in [-0.25, -0.2) is 4.99 Å². The summed E-state index contributed by atoms with van der Waals surface area (Å²) in [4.78, 5) is 8.15. The van der Waals surface area contributed by atoms with E-state index in [1.165, 1.54) is 10.4 Å². The summed E-state index contributed by atoms with van der Waals surface area (Å²) in [7, 11) is 0. The minimum atomic E-state index is 0.286. The molecule has 1 atom stereocenters. The largest absolute Gasteiger partial charge is 0.438 e. The Morgan fingerprint density at radius 2 is 2.10 bits per heavy atom. The molecule has 4 rings (SSSR count). The summed E-state index contributed by atoms with van der Waals surface area (Å²) in [5.74, 6) is 2.14. The highest BCUT2D eigenvalue weighted by Crippen LogP contribution is 2.45. The van der Waals surface area contributed by atoms with Crippen LogP contribution in [0.4, 0.5) is 10.9 Å². The van der Waals surface area contributed by atoms with Crippen molar-refractivity contribution < 1.29 is 9.15 Å². The molecule has 154 valence electrons. The molecule has 5 nitrogen and oxygen atoms in total. The van der Waals surface area contributed by atoms with Crippen molar-refractivity contribution >= 4 is 44.4 Å². The zero-order valence-corrected chi connectivity index (χ0v) is 19.5. The molecular formula is C22H26BrN3O2S. The van der Waals surface area contributed by atoms with Crippen molar-refractivity contribution in [3.63, 3.8) is 0 Å². The quantitative estimate of drug-likeness (QED) is 0.532. The highest BCUT2D eigenvalue weighted by molar-refractivity contribution is 9.10. The van der Waals surface area contributed by atoms with Crippen molar-refractivity contribution in [3.8, 4) is 6.07 Å². The maximum Gasteiger partial charge on any atom is 0.210 e. The lowest BCUT2D eigenvalue weighted by molar-refractivity contribution is 0.120. The second-order valence-electron chi connectivity index (χ2n) is 8.76. The number of nitrogens with zero attached hydrogens (tertiary/aromatic N) is 3. The molecule has 0 bridgehead atoms. The van der Waals surface area contributed by atoms with Crippen LogP contribution in [0.5, 0.6) is 0 Å². The Bertz CT molecular complexity index is 958. The Balaban J connectivity index is 1.57. The molecule has 2 aromatic heterocycles. The topological polar surface area (TPSA) is 61.8 Å². The van der Waals surface area contributed by atoms with E-state index in [4.69, 9.17) is 9.15 Å². The van der Waals surface area contributed by atoms with E-state index in [0.29, 0.717) is 24.9 Å². The Hall–Kier alpha value is -1.62. The van der Waals surface area contributed by atoms with Crippen molar-refractivity contribution in [1.82, 2.24) is 0 Å². The van der Waals surface area contributed by atoms with Crippen LogP contribution in [0.3, 0.4) is 0 Å². The number of rotatable bonds is 3. The van der Waals surface area contributed by atoms with E-state index in [1.807, 2.05) is 6.07 Å². The smallest absolute Gasteiger partial charge is 0.210 e. The monoisotopic (exact) mass is 475 g/mol. The first kappa shape index (κ1) is 20.6. The third-order valence-electron chi connectivity index (χ3n) is 5.88. The Labute approximate surface area is 184 Å². The Morgan fingerprint density at radius 3 is 2.79 bits per heavy atom. The normalized spacial score (nSPS) is 20.1. The highest BCUT2D eigenvalue weighted by atomic mass is 79.9. The number of hydrogen-bond acceptors (Lipinski definition) is 6. The summed E-state index contributed by atoms with van der Waals surface area (Å²) in [6, 6.07) is 4.33. The van der Waals surface area contributed by atoms with Crippen LogP contribution >= 0.6 is 27.3 Å². The molecule has 0 N–H and O–H groups in total. The van der Waals surface area contributed by atoms with Crippen LogP contribution < -0.4 is 4.90 Å². The van der Waals surface area contributed by atoms with Gasteiger partial charge in [0.15, 0.2) is 0 Å². The molecule has 0 spiro atoms. The zero-order valence-electron chi connectivity index (χ0n) is 17.1. The summed E-state index contributed by atoms with van der Waals surface area (Å²) in [5, 5.41) is 10.5. The SMILES string of the molecule is CC(C)(C)[C@H]1CCc2c(sc(N=Cc3cc(Br)c(N4CCOCC4)o3)c2C#N)C1. The number of morpholine rings is 1. The number of thiophene rings is 1. The van der Waals surface area contributed by atoms with Crippen LogP contribution in [-0.2, 0) is 17.6 Å². The predicted octanol–water partition coefficient (Wildman–Crippen LogP) is 5.71. The number of fused-ring (bicyclic) bond motifs is 1. The predicted molar refractivity (Wildman–Crippen MR) is 121 cm³/mol. The number of furan rings is 1. The lowest BCUT2D eigenvalue weighted by atomic mass is 9.72. The molecule has 3 heterocycles. The second-order valence-corrected chi connectivity index (χ2v) is 10.7. The van der Waals surface area contributed by atoms with E-state index >= 15 is 0 Å². The number of hydrogen-bond donors (Lipinski definition) is 0. The fourth-order valence-corrected chi connectivity index (χ4v) is 5.84. The third-order valence-corrected chi connectivity index (χ3v) is 7.61. The molecule has 2 aromatic rings. The van der Waals surface area contributed by atoms with Crippen LogP contribution in [0.15, 0.2) is 19.9 Å². The fourth-order valence-electron chi connectivity index (χ4n) is 4.06. The first-order valence-corrected chi connectivity index (χ1v) is 11.7. The molecule has 0 radical (unpaired) electrons. The van der Waals surface area contributed by atoms with E-state index in [9.17, 15) is 5.26 Å². The van der Waals surface area contributed by atoms with E-state index in [0.717, 1.165) is 53.3 Å². The Kier molecular flexibility index (Phi) is 5.87. The van der Waals surface area contributed by atoms with Crippen molar-refractivity contribution in [1.29, 1.82) is 5.26 Å². The van der Waals surface area contributed by atoms with Gasteiger partial charge in [0, 0.05) is 24.0 Å². The summed E-state index contributed by atoms with van der Waals surface area (Å²) < 4.78 is 12.3. The molecule has 0 unspecified atom stereocenters. The molecule has 1 aliphatic carbocycles. The number of anilines is 1. The second kappa shape index (κ2) is 8.25. The molecule has 29 heavy (non-hydrogen) atoms. The van der Waals surface area contributed by atoms with Crippen molar-refractivity contribution in [2.24, 2.45) is 16.3 Å². The van der Waals surface area contributed by atoms with E-state index in [2.05, 4.69) is 52.7 Å². The van der Waals surface area contributed by atoms with Gasteiger partial charge in [0.05, 0.1) is 29.5 Å². The van der Waals surface area contributed by atoms with Gasteiger partial charge in [0.25, 0.3) is 0 Å². The molecular weight excluding hydrogens is 450 g/mol. The van der Waals surface area contributed by atoms with Gasteiger partial charge in [0.2, 0.25) is 5.88 Å². The zero-order chi connectivity index (χ0) is 20.6. The van der Waals surface area contributed by atoms with Gasteiger partial charge in [-0.3, -0.25) is 0 Å². The van der Waals surface area contributed by atoms with Crippen molar-refractivity contribution in [2.75, 3.05) is 31.2 Å². The van der Waals surface area contributed by atoms with Gasteiger partial charge in [-0.2, -0.15) is 5.26 Å². The number of aliphatic imine (C=N–C) groups is 1. The fraction of sp³-hybridized carbons (Fsp3) is 0.545. The summed E-state index contributed by atoms with van der Waals surface area (Å²) in [6.45, 7) is 9.96. The molecule has 2 aliphatic rings. The molecule has 0 saturated carbocycles. The first-order valence-electron chi connectivity index (χ1n) is 10.1. The Morgan fingerprint density at radius 1 is 1.34 bits per heavy atom. The van der Waals surface area contributed by atoms with Gasteiger partial charge in [0.1, 0.15) is 16.8 Å². The maximum absolute atomic E-state index is 9.74. The number of nitriles is 1. The molecule has 1 fully saturated rings. The summed E-state index contributed by atoms with van der Waals surface area (Å²) in [6.07, 6.45) is 4.88. The number of halogens is 1. The summed E-state index contributed by atoms with van der Waals surface area (Å²) >= 11 is 5.25. The van der Waals surface area contributed by atoms with Gasteiger partial charge < -0.3 is 14.1 Å². The average Bonchev–Trinajstić information content (AvgIpc) is 3.25.